The summed E-state index contributed by atoms with van der Waals surface area (Å²) in [6.07, 6.45) is 4.07. The monoisotopic (exact) mass is 490 g/mol. The number of hydrogen-bond acceptors (Lipinski definition) is 3. The Morgan fingerprint density at radius 1 is 1.03 bits per heavy atom. The zero-order chi connectivity index (χ0) is 23.2. The first-order chi connectivity index (χ1) is 16.6. The van der Waals surface area contributed by atoms with E-state index in [0.717, 1.165) is 28.8 Å². The van der Waals surface area contributed by atoms with Crippen molar-refractivity contribution in [1.29, 1.82) is 0 Å². The minimum absolute atomic E-state index is 0.0991. The van der Waals surface area contributed by atoms with Gasteiger partial charge in [0.15, 0.2) is 11.5 Å². The highest BCUT2D eigenvalue weighted by Gasteiger charge is 2.34. The largest absolute Gasteiger partial charge is 0.454 e. The highest BCUT2D eigenvalue weighted by atomic mass is 35.5. The molecule has 1 unspecified atom stereocenters. The number of ether oxygens (including phenoxy) is 2. The SMILES string of the molecule is O=C(/C=C/c1ccc(Cl)cc1Cl)N1CCc2c([nH]c3ccccc23)C1c1ccc2c(c1)OCO2. The average molecular weight is 491 g/mol. The van der Waals surface area contributed by atoms with Crippen molar-refractivity contribution in [3.63, 3.8) is 0 Å². The topological polar surface area (TPSA) is 54.6 Å². The number of amides is 1. The number of fused-ring (bicyclic) bond motifs is 4. The fourth-order valence-corrected chi connectivity index (χ4v) is 5.27. The van der Waals surface area contributed by atoms with E-state index in [1.807, 2.05) is 35.2 Å². The van der Waals surface area contributed by atoms with Gasteiger partial charge in [-0.1, -0.05) is 53.5 Å². The summed E-state index contributed by atoms with van der Waals surface area (Å²) in [6.45, 7) is 0.791. The van der Waals surface area contributed by atoms with Crippen LogP contribution in [0.5, 0.6) is 11.5 Å². The van der Waals surface area contributed by atoms with Crippen molar-refractivity contribution < 1.29 is 14.3 Å². The zero-order valence-electron chi connectivity index (χ0n) is 18.1. The van der Waals surface area contributed by atoms with Crippen LogP contribution in [0.1, 0.15) is 28.4 Å². The number of nitrogens with zero attached hydrogens (tertiary/aromatic N) is 1. The normalized spacial score (nSPS) is 16.9. The Hall–Kier alpha value is -3.41. The molecule has 34 heavy (non-hydrogen) atoms. The highest BCUT2D eigenvalue weighted by molar-refractivity contribution is 6.35. The molecule has 5 nitrogen and oxygen atoms in total. The molecule has 4 aromatic rings. The van der Waals surface area contributed by atoms with Crippen LogP contribution in [0.3, 0.4) is 0 Å². The number of nitrogens with one attached hydrogen (secondary N) is 1. The first-order valence-electron chi connectivity index (χ1n) is 11.0. The number of hydrogen-bond donors (Lipinski definition) is 1. The number of carbonyl (C=O) groups excluding carboxylic acids is 1. The second-order valence-corrected chi connectivity index (χ2v) is 9.20. The van der Waals surface area contributed by atoms with Crippen molar-refractivity contribution in [3.8, 4) is 11.5 Å². The number of aromatic nitrogens is 1. The molecule has 3 aromatic carbocycles. The molecule has 1 atom stereocenters. The molecule has 0 saturated heterocycles. The third-order valence-corrected chi connectivity index (χ3v) is 6.96. The van der Waals surface area contributed by atoms with Crippen LogP contribution in [0, 0.1) is 0 Å². The van der Waals surface area contributed by atoms with Gasteiger partial charge < -0.3 is 19.4 Å². The van der Waals surface area contributed by atoms with Crippen LogP contribution in [0.4, 0.5) is 0 Å². The number of para-hydroxylation sites is 1. The lowest BCUT2D eigenvalue weighted by Gasteiger charge is -2.35. The van der Waals surface area contributed by atoms with Gasteiger partial charge in [0.05, 0.1) is 6.04 Å². The summed E-state index contributed by atoms with van der Waals surface area (Å²) >= 11 is 12.3. The molecule has 2 aliphatic heterocycles. The van der Waals surface area contributed by atoms with Crippen molar-refractivity contribution in [2.24, 2.45) is 0 Å². The van der Waals surface area contributed by atoms with E-state index in [-0.39, 0.29) is 18.7 Å². The molecule has 3 heterocycles. The molecule has 2 aliphatic rings. The number of benzene rings is 3. The van der Waals surface area contributed by atoms with Crippen LogP contribution in [-0.4, -0.2) is 29.1 Å². The van der Waals surface area contributed by atoms with Crippen molar-refractivity contribution in [3.05, 3.63) is 99.2 Å². The molecule has 0 radical (unpaired) electrons. The zero-order valence-corrected chi connectivity index (χ0v) is 19.6. The second-order valence-electron chi connectivity index (χ2n) is 8.36. The van der Waals surface area contributed by atoms with Crippen LogP contribution in [0.15, 0.2) is 66.7 Å². The predicted octanol–water partition coefficient (Wildman–Crippen LogP) is 6.39. The van der Waals surface area contributed by atoms with Gasteiger partial charge in [0, 0.05) is 39.3 Å². The third kappa shape index (κ3) is 3.61. The Balaban J connectivity index is 1.42. The molecular weight excluding hydrogens is 471 g/mol. The number of rotatable bonds is 3. The number of H-pyrrole nitrogens is 1. The Morgan fingerprint density at radius 2 is 1.88 bits per heavy atom. The third-order valence-electron chi connectivity index (χ3n) is 6.40. The quantitative estimate of drug-likeness (QED) is 0.338. The fourth-order valence-electron chi connectivity index (χ4n) is 4.80. The summed E-state index contributed by atoms with van der Waals surface area (Å²) in [4.78, 5) is 19.0. The van der Waals surface area contributed by atoms with Gasteiger partial charge in [0.1, 0.15) is 0 Å². The summed E-state index contributed by atoms with van der Waals surface area (Å²) < 4.78 is 11.1. The Bertz CT molecular complexity index is 1460. The molecule has 0 aliphatic carbocycles. The van der Waals surface area contributed by atoms with E-state index >= 15 is 0 Å². The van der Waals surface area contributed by atoms with Crippen LogP contribution < -0.4 is 9.47 Å². The van der Waals surface area contributed by atoms with Gasteiger partial charge in [-0.25, -0.2) is 0 Å². The average Bonchev–Trinajstić information content (AvgIpc) is 3.46. The lowest BCUT2D eigenvalue weighted by atomic mass is 9.92. The van der Waals surface area contributed by atoms with E-state index in [2.05, 4.69) is 17.1 Å². The van der Waals surface area contributed by atoms with Crippen molar-refractivity contribution in [2.45, 2.75) is 12.5 Å². The molecule has 0 fully saturated rings. The Kier molecular flexibility index (Phi) is 5.24. The standard InChI is InChI=1S/C27H20Cl2N2O3/c28-18-8-5-16(21(29)14-18)7-10-25(32)31-12-11-20-19-3-1-2-4-22(19)30-26(20)27(31)17-6-9-23-24(13-17)34-15-33-23/h1-10,13-14,27,30H,11-12,15H2/b10-7+. The van der Waals surface area contributed by atoms with Crippen molar-refractivity contribution in [1.82, 2.24) is 9.88 Å². The van der Waals surface area contributed by atoms with Crippen LogP contribution in [0.2, 0.25) is 10.0 Å². The highest BCUT2D eigenvalue weighted by Crippen LogP contribution is 2.42. The Morgan fingerprint density at radius 3 is 2.76 bits per heavy atom. The maximum atomic E-state index is 13.5. The van der Waals surface area contributed by atoms with Gasteiger partial charge in [0.25, 0.3) is 0 Å². The maximum Gasteiger partial charge on any atom is 0.247 e. The van der Waals surface area contributed by atoms with Gasteiger partial charge in [0.2, 0.25) is 12.7 Å². The molecule has 1 N–H and O–H groups in total. The number of carbonyl (C=O) groups is 1. The number of halogens is 2. The summed E-state index contributed by atoms with van der Waals surface area (Å²) in [7, 11) is 0. The van der Waals surface area contributed by atoms with E-state index in [1.54, 1.807) is 30.4 Å². The molecule has 0 saturated carbocycles. The van der Waals surface area contributed by atoms with Gasteiger partial charge in [-0.05, 0) is 59.5 Å². The lowest BCUT2D eigenvalue weighted by Crippen LogP contribution is -2.39. The molecule has 1 amide bonds. The van der Waals surface area contributed by atoms with Crippen LogP contribution in [0.25, 0.3) is 17.0 Å². The van der Waals surface area contributed by atoms with E-state index in [9.17, 15) is 4.79 Å². The molecule has 170 valence electrons. The van der Waals surface area contributed by atoms with Gasteiger partial charge in [-0.2, -0.15) is 0 Å². The van der Waals surface area contributed by atoms with Gasteiger partial charge in [-0.15, -0.1) is 0 Å². The van der Waals surface area contributed by atoms with Crippen LogP contribution >= 0.6 is 23.2 Å². The van der Waals surface area contributed by atoms with Crippen molar-refractivity contribution >= 4 is 46.1 Å². The summed E-state index contributed by atoms with van der Waals surface area (Å²) in [5.74, 6) is 1.31. The predicted molar refractivity (Wildman–Crippen MR) is 134 cm³/mol. The minimum atomic E-state index is -0.288. The summed E-state index contributed by atoms with van der Waals surface area (Å²) in [5, 5.41) is 2.25. The first kappa shape index (κ1) is 21.1. The molecule has 1 aromatic heterocycles. The molecule has 0 spiro atoms. The second kappa shape index (κ2) is 8.42. The smallest absolute Gasteiger partial charge is 0.247 e. The van der Waals surface area contributed by atoms with Crippen LogP contribution in [-0.2, 0) is 11.2 Å². The minimum Gasteiger partial charge on any atom is -0.454 e. The maximum absolute atomic E-state index is 13.5. The first-order valence-corrected chi connectivity index (χ1v) is 11.8. The summed E-state index contributed by atoms with van der Waals surface area (Å²) in [6, 6.07) is 19.1. The Labute approximate surface area is 206 Å². The molecule has 6 rings (SSSR count). The van der Waals surface area contributed by atoms with Gasteiger partial charge >= 0.3 is 0 Å². The molecular formula is C27H20Cl2N2O3. The van der Waals surface area contributed by atoms with E-state index in [1.165, 1.54) is 10.9 Å². The fraction of sp³-hybridized carbons (Fsp3) is 0.148. The summed E-state index contributed by atoms with van der Waals surface area (Å²) in [5.41, 5.74) is 5.03. The van der Waals surface area contributed by atoms with Gasteiger partial charge in [-0.3, -0.25) is 4.79 Å². The van der Waals surface area contributed by atoms with Crippen molar-refractivity contribution in [2.75, 3.05) is 13.3 Å². The molecule has 0 bridgehead atoms. The van der Waals surface area contributed by atoms with E-state index < -0.39 is 0 Å². The lowest BCUT2D eigenvalue weighted by molar-refractivity contribution is -0.128. The number of aromatic amines is 1. The van der Waals surface area contributed by atoms with E-state index in [4.69, 9.17) is 32.7 Å². The van der Waals surface area contributed by atoms with E-state index in [0.29, 0.717) is 28.1 Å². The molecule has 7 heteroatoms.